The van der Waals surface area contributed by atoms with Crippen LogP contribution in [-0.2, 0) is 4.79 Å². The minimum atomic E-state index is -1.98. The van der Waals surface area contributed by atoms with Crippen LogP contribution in [0.25, 0.3) is 11.1 Å². The van der Waals surface area contributed by atoms with Crippen molar-refractivity contribution in [1.29, 1.82) is 0 Å². The molecule has 0 saturated heterocycles. The predicted octanol–water partition coefficient (Wildman–Crippen LogP) is 2.75. The molecule has 2 aromatic rings. The van der Waals surface area contributed by atoms with Crippen molar-refractivity contribution in [3.05, 3.63) is 59.7 Å². The maximum absolute atomic E-state index is 14.2. The molecule has 1 atom stereocenters. The van der Waals surface area contributed by atoms with E-state index in [2.05, 4.69) is 0 Å². The van der Waals surface area contributed by atoms with Gasteiger partial charge in [-0.1, -0.05) is 36.4 Å². The second-order valence-electron chi connectivity index (χ2n) is 3.93. The summed E-state index contributed by atoms with van der Waals surface area (Å²) in [6.45, 7) is 0. The number of benzene rings is 2. The summed E-state index contributed by atoms with van der Waals surface area (Å²) in [4.78, 5) is 10.7. The Morgan fingerprint density at radius 1 is 1.00 bits per heavy atom. The zero-order chi connectivity index (χ0) is 14.0. The van der Waals surface area contributed by atoms with Crippen LogP contribution in [0, 0.1) is 11.6 Å². The minimum Gasteiger partial charge on any atom is -0.479 e. The van der Waals surface area contributed by atoms with E-state index < -0.39 is 29.3 Å². The van der Waals surface area contributed by atoms with Crippen LogP contribution in [0.15, 0.2) is 42.5 Å². The van der Waals surface area contributed by atoms with Gasteiger partial charge in [0, 0.05) is 16.7 Å². The van der Waals surface area contributed by atoms with Crippen molar-refractivity contribution in [1.82, 2.24) is 0 Å². The fraction of sp³-hybridized carbons (Fsp3) is 0.0714. The average molecular weight is 264 g/mol. The van der Waals surface area contributed by atoms with Crippen LogP contribution in [0.2, 0.25) is 0 Å². The number of hydrogen-bond donors (Lipinski definition) is 2. The molecule has 0 bridgehead atoms. The molecule has 0 spiro atoms. The first kappa shape index (κ1) is 13.2. The molecular formula is C14H10F2O3. The summed E-state index contributed by atoms with van der Waals surface area (Å²) in [5.41, 5.74) is -0.469. The van der Waals surface area contributed by atoms with Gasteiger partial charge in [0.05, 0.1) is 0 Å². The number of aliphatic hydroxyl groups is 1. The topological polar surface area (TPSA) is 57.5 Å². The molecule has 2 rings (SSSR count). The van der Waals surface area contributed by atoms with Gasteiger partial charge < -0.3 is 10.2 Å². The molecule has 0 aliphatic carbocycles. The summed E-state index contributed by atoms with van der Waals surface area (Å²) in [6, 6.07) is 9.40. The molecule has 0 saturated carbocycles. The van der Waals surface area contributed by atoms with Crippen LogP contribution in [0.1, 0.15) is 11.7 Å². The fourth-order valence-corrected chi connectivity index (χ4v) is 1.78. The predicted molar refractivity (Wildman–Crippen MR) is 64.4 cm³/mol. The van der Waals surface area contributed by atoms with Crippen molar-refractivity contribution >= 4 is 5.97 Å². The van der Waals surface area contributed by atoms with E-state index in [1.54, 1.807) is 0 Å². The number of rotatable bonds is 3. The van der Waals surface area contributed by atoms with Crippen LogP contribution in [0.4, 0.5) is 8.78 Å². The molecule has 0 aliphatic heterocycles. The Kier molecular flexibility index (Phi) is 3.57. The average Bonchev–Trinajstić information content (AvgIpc) is 2.39. The number of aliphatic carboxylic acids is 1. The number of hydrogen-bond acceptors (Lipinski definition) is 2. The van der Waals surface area contributed by atoms with Gasteiger partial charge in [0.15, 0.2) is 6.10 Å². The van der Waals surface area contributed by atoms with E-state index in [1.807, 2.05) is 0 Å². The summed E-state index contributed by atoms with van der Waals surface area (Å²) in [5, 5.41) is 18.1. The second kappa shape index (κ2) is 5.16. The number of carboxylic acids is 1. The summed E-state index contributed by atoms with van der Waals surface area (Å²) in [6.07, 6.45) is -1.98. The lowest BCUT2D eigenvalue weighted by Crippen LogP contribution is -2.12. The Morgan fingerprint density at radius 3 is 2.26 bits per heavy atom. The Bertz CT molecular complexity index is 626. The lowest BCUT2D eigenvalue weighted by atomic mass is 9.99. The Balaban J connectivity index is 2.58. The molecule has 2 aromatic carbocycles. The Labute approximate surface area is 107 Å². The van der Waals surface area contributed by atoms with Crippen LogP contribution in [-0.4, -0.2) is 16.2 Å². The lowest BCUT2D eigenvalue weighted by molar-refractivity contribution is -0.147. The molecule has 5 heteroatoms. The van der Waals surface area contributed by atoms with Gasteiger partial charge in [0.1, 0.15) is 11.6 Å². The van der Waals surface area contributed by atoms with Crippen molar-refractivity contribution in [2.75, 3.05) is 0 Å². The quantitative estimate of drug-likeness (QED) is 0.896. The molecule has 2 N–H and O–H groups in total. The van der Waals surface area contributed by atoms with Crippen LogP contribution in [0.3, 0.4) is 0 Å². The monoisotopic (exact) mass is 264 g/mol. The van der Waals surface area contributed by atoms with Crippen LogP contribution in [0.5, 0.6) is 0 Å². The second-order valence-corrected chi connectivity index (χ2v) is 3.93. The van der Waals surface area contributed by atoms with Crippen molar-refractivity contribution in [2.45, 2.75) is 6.10 Å². The third kappa shape index (κ3) is 2.46. The van der Waals surface area contributed by atoms with E-state index in [4.69, 9.17) is 5.11 Å². The van der Waals surface area contributed by atoms with Crippen molar-refractivity contribution in [2.24, 2.45) is 0 Å². The largest absolute Gasteiger partial charge is 0.479 e. The summed E-state index contributed by atoms with van der Waals surface area (Å²) < 4.78 is 27.8. The smallest absolute Gasteiger partial charge is 0.337 e. The summed E-state index contributed by atoms with van der Waals surface area (Å²) in [5.74, 6) is -3.13. The normalized spacial score (nSPS) is 12.2. The van der Waals surface area contributed by atoms with E-state index in [-0.39, 0.29) is 11.1 Å². The standard InChI is InChI=1S/C14H10F2O3/c15-11-7-2-1-4-8(11)9-5-3-6-10(12(9)16)13(17)14(18)19/h1-7,13,17H,(H,18,19). The molecule has 0 fully saturated rings. The first-order valence-electron chi connectivity index (χ1n) is 5.46. The maximum atomic E-state index is 14.2. The van der Waals surface area contributed by atoms with E-state index in [0.29, 0.717) is 0 Å². The fourth-order valence-electron chi connectivity index (χ4n) is 1.78. The van der Waals surface area contributed by atoms with Crippen molar-refractivity contribution in [3.8, 4) is 11.1 Å². The highest BCUT2D eigenvalue weighted by Gasteiger charge is 2.22. The number of aliphatic hydroxyl groups excluding tert-OH is 1. The Hall–Kier alpha value is -2.27. The van der Waals surface area contributed by atoms with Crippen molar-refractivity contribution in [3.63, 3.8) is 0 Å². The zero-order valence-corrected chi connectivity index (χ0v) is 9.68. The number of carboxylic acid groups (broad SMARTS) is 1. The van der Waals surface area contributed by atoms with Gasteiger partial charge in [0.2, 0.25) is 0 Å². The molecule has 3 nitrogen and oxygen atoms in total. The third-order valence-corrected chi connectivity index (χ3v) is 2.72. The highest BCUT2D eigenvalue weighted by atomic mass is 19.1. The van der Waals surface area contributed by atoms with Crippen molar-refractivity contribution < 1.29 is 23.8 Å². The van der Waals surface area contributed by atoms with E-state index >= 15 is 0 Å². The first-order chi connectivity index (χ1) is 9.02. The van der Waals surface area contributed by atoms with Crippen LogP contribution >= 0.6 is 0 Å². The lowest BCUT2D eigenvalue weighted by Gasteiger charge is -2.11. The zero-order valence-electron chi connectivity index (χ0n) is 9.68. The number of carbonyl (C=O) groups is 1. The van der Waals surface area contributed by atoms with E-state index in [0.717, 1.165) is 6.07 Å². The van der Waals surface area contributed by atoms with Gasteiger partial charge in [-0.2, -0.15) is 0 Å². The summed E-state index contributed by atoms with van der Waals surface area (Å²) in [7, 11) is 0. The molecule has 98 valence electrons. The van der Waals surface area contributed by atoms with E-state index in [9.17, 15) is 18.7 Å². The molecule has 19 heavy (non-hydrogen) atoms. The maximum Gasteiger partial charge on any atom is 0.337 e. The SMILES string of the molecule is O=C(O)C(O)c1cccc(-c2ccccc2F)c1F. The highest BCUT2D eigenvalue weighted by molar-refractivity contribution is 5.76. The van der Waals surface area contributed by atoms with Gasteiger partial charge >= 0.3 is 5.97 Å². The van der Waals surface area contributed by atoms with Gasteiger partial charge in [-0.05, 0) is 6.07 Å². The molecule has 0 aliphatic rings. The van der Waals surface area contributed by atoms with Crippen LogP contribution < -0.4 is 0 Å². The Morgan fingerprint density at radius 2 is 1.63 bits per heavy atom. The van der Waals surface area contributed by atoms with Gasteiger partial charge in [-0.25, -0.2) is 13.6 Å². The first-order valence-corrected chi connectivity index (χ1v) is 5.46. The van der Waals surface area contributed by atoms with Gasteiger partial charge in [-0.3, -0.25) is 0 Å². The van der Waals surface area contributed by atoms with Gasteiger partial charge in [0.25, 0.3) is 0 Å². The molecule has 0 heterocycles. The molecule has 0 aromatic heterocycles. The molecule has 1 unspecified atom stereocenters. The molecule has 0 amide bonds. The summed E-state index contributed by atoms with van der Waals surface area (Å²) >= 11 is 0. The van der Waals surface area contributed by atoms with E-state index in [1.165, 1.54) is 36.4 Å². The molecule has 0 radical (unpaired) electrons. The van der Waals surface area contributed by atoms with Gasteiger partial charge in [-0.15, -0.1) is 0 Å². The minimum absolute atomic E-state index is 0.0134. The third-order valence-electron chi connectivity index (χ3n) is 2.72. The number of halogens is 2. The highest BCUT2D eigenvalue weighted by Crippen LogP contribution is 2.29. The molecular weight excluding hydrogens is 254 g/mol.